The Hall–Kier alpha value is -1.86. The molecule has 1 aromatic carbocycles. The fourth-order valence-corrected chi connectivity index (χ4v) is 3.92. The normalized spacial score (nSPS) is 17.0. The molecule has 1 atom stereocenters. The molecule has 0 fully saturated rings. The molecule has 2 amide bonds. The van der Waals surface area contributed by atoms with Crippen molar-refractivity contribution in [2.45, 2.75) is 16.7 Å². The Kier molecular flexibility index (Phi) is 4.68. The second-order valence-corrected chi connectivity index (χ2v) is 7.24. The summed E-state index contributed by atoms with van der Waals surface area (Å²) in [6.45, 7) is 0.432. The number of nitrogens with zero attached hydrogens (tertiary/aromatic N) is 2. The van der Waals surface area contributed by atoms with Crippen LogP contribution in [0.15, 0.2) is 34.0 Å². The first-order valence-electron chi connectivity index (χ1n) is 7.23. The van der Waals surface area contributed by atoms with Crippen LogP contribution in [0.4, 0.5) is 5.69 Å². The van der Waals surface area contributed by atoms with E-state index in [4.69, 9.17) is 0 Å². The summed E-state index contributed by atoms with van der Waals surface area (Å²) in [6, 6.07) is 7.83. The van der Waals surface area contributed by atoms with Gasteiger partial charge in [-0.2, -0.15) is 0 Å². The third kappa shape index (κ3) is 3.25. The minimum Gasteiger partial charge on any atom is -0.350 e. The Morgan fingerprint density at radius 3 is 3.00 bits per heavy atom. The number of carbonyl (C=O) groups is 2. The van der Waals surface area contributed by atoms with Gasteiger partial charge < -0.3 is 10.2 Å². The topological polar surface area (TPSA) is 62.3 Å². The number of nitrogens with one attached hydrogen (secondary N) is 1. The fourth-order valence-electron chi connectivity index (χ4n) is 2.67. The molecular formula is C16H17N3O2S2. The number of para-hydroxylation sites is 1. The second kappa shape index (κ2) is 6.72. The van der Waals surface area contributed by atoms with Crippen molar-refractivity contribution in [2.24, 2.45) is 0 Å². The summed E-state index contributed by atoms with van der Waals surface area (Å²) in [6.07, 6.45) is 2.34. The molecule has 1 aliphatic rings. The first-order chi connectivity index (χ1) is 11.1. The van der Waals surface area contributed by atoms with Crippen molar-refractivity contribution in [2.75, 3.05) is 24.7 Å². The van der Waals surface area contributed by atoms with Crippen LogP contribution in [0.25, 0.3) is 0 Å². The van der Waals surface area contributed by atoms with Gasteiger partial charge in [-0.1, -0.05) is 30.0 Å². The summed E-state index contributed by atoms with van der Waals surface area (Å²) in [5, 5.41) is 4.67. The van der Waals surface area contributed by atoms with Crippen molar-refractivity contribution in [1.82, 2.24) is 10.3 Å². The lowest BCUT2D eigenvalue weighted by Gasteiger charge is -2.31. The molecule has 1 N–H and O–H groups in total. The van der Waals surface area contributed by atoms with Crippen LogP contribution in [0.2, 0.25) is 0 Å². The summed E-state index contributed by atoms with van der Waals surface area (Å²) in [5.41, 5.74) is 2.45. The number of rotatable bonds is 4. The van der Waals surface area contributed by atoms with Crippen molar-refractivity contribution in [3.05, 3.63) is 40.9 Å². The van der Waals surface area contributed by atoms with E-state index in [0.29, 0.717) is 18.7 Å². The van der Waals surface area contributed by atoms with Crippen molar-refractivity contribution in [1.29, 1.82) is 0 Å². The molecule has 0 spiro atoms. The number of thiazole rings is 1. The van der Waals surface area contributed by atoms with E-state index in [0.717, 1.165) is 15.6 Å². The number of hydrogen-bond acceptors (Lipinski definition) is 5. The Labute approximate surface area is 143 Å². The van der Waals surface area contributed by atoms with Crippen LogP contribution in [0, 0.1) is 0 Å². The van der Waals surface area contributed by atoms with Gasteiger partial charge in [-0.15, -0.1) is 11.3 Å². The third-order valence-corrected chi connectivity index (χ3v) is 5.80. The van der Waals surface area contributed by atoms with Crippen LogP contribution < -0.4 is 10.2 Å². The Morgan fingerprint density at radius 2 is 2.26 bits per heavy atom. The largest absolute Gasteiger partial charge is 0.350 e. The maximum Gasteiger partial charge on any atom is 0.270 e. The minimum absolute atomic E-state index is 0.00231. The molecule has 0 unspecified atom stereocenters. The molecule has 23 heavy (non-hydrogen) atoms. The number of thioether (sulfide) groups is 1. The molecule has 0 bridgehead atoms. The summed E-state index contributed by atoms with van der Waals surface area (Å²) < 4.78 is 0.870. The van der Waals surface area contributed by atoms with Crippen LogP contribution in [-0.2, 0) is 4.79 Å². The molecule has 1 aliphatic heterocycles. The molecule has 3 rings (SSSR count). The van der Waals surface area contributed by atoms with Gasteiger partial charge in [0, 0.05) is 37.0 Å². The Bertz CT molecular complexity index is 744. The van der Waals surface area contributed by atoms with E-state index in [1.54, 1.807) is 17.3 Å². The van der Waals surface area contributed by atoms with Crippen LogP contribution in [0.1, 0.15) is 28.4 Å². The van der Waals surface area contributed by atoms with Gasteiger partial charge in [0.15, 0.2) is 0 Å². The van der Waals surface area contributed by atoms with Crippen LogP contribution in [0.3, 0.4) is 0 Å². The molecule has 1 aromatic heterocycles. The van der Waals surface area contributed by atoms with Gasteiger partial charge in [0.25, 0.3) is 5.91 Å². The van der Waals surface area contributed by atoms with E-state index in [9.17, 15) is 9.59 Å². The Balaban J connectivity index is 1.72. The van der Waals surface area contributed by atoms with Gasteiger partial charge in [-0.3, -0.25) is 9.59 Å². The van der Waals surface area contributed by atoms with Gasteiger partial charge in [0.05, 0.1) is 0 Å². The van der Waals surface area contributed by atoms with Crippen molar-refractivity contribution >= 4 is 40.6 Å². The van der Waals surface area contributed by atoms with Crippen molar-refractivity contribution in [3.8, 4) is 0 Å². The van der Waals surface area contributed by atoms with Gasteiger partial charge >= 0.3 is 0 Å². The maximum absolute atomic E-state index is 12.2. The number of carbonyl (C=O) groups excluding carboxylic acids is 2. The van der Waals surface area contributed by atoms with E-state index < -0.39 is 0 Å². The standard InChI is InChI=1S/C16H17N3O2S2/c1-19-13-6-4-3-5-11(13)10(7-14(19)20)8-17-15(21)12-9-23-16(18-12)22-2/h3-6,9-10H,7-8H2,1-2H3,(H,17,21)/t10-/m0/s1. The quantitative estimate of drug-likeness (QED) is 0.864. The van der Waals surface area contributed by atoms with E-state index >= 15 is 0 Å². The fraction of sp³-hybridized carbons (Fsp3) is 0.312. The molecule has 2 heterocycles. The SMILES string of the molecule is CSc1nc(C(=O)NC[C@@H]2CC(=O)N(C)c3ccccc32)cs1. The van der Waals surface area contributed by atoms with E-state index in [2.05, 4.69) is 10.3 Å². The van der Waals surface area contributed by atoms with E-state index in [1.165, 1.54) is 23.1 Å². The number of amides is 2. The molecular weight excluding hydrogens is 330 g/mol. The zero-order chi connectivity index (χ0) is 16.4. The summed E-state index contributed by atoms with van der Waals surface area (Å²) in [5.74, 6) is -0.121. The summed E-state index contributed by atoms with van der Waals surface area (Å²) in [7, 11) is 1.79. The highest BCUT2D eigenvalue weighted by Crippen LogP contribution is 2.34. The highest BCUT2D eigenvalue weighted by molar-refractivity contribution is 8.00. The molecule has 7 heteroatoms. The number of benzene rings is 1. The predicted octanol–water partition coefficient (Wildman–Crippen LogP) is 2.75. The van der Waals surface area contributed by atoms with Gasteiger partial charge in [0.2, 0.25) is 5.91 Å². The molecule has 0 radical (unpaired) electrons. The van der Waals surface area contributed by atoms with E-state index in [-0.39, 0.29) is 17.7 Å². The second-order valence-electron chi connectivity index (χ2n) is 5.33. The zero-order valence-corrected chi connectivity index (χ0v) is 14.5. The monoisotopic (exact) mass is 347 g/mol. The van der Waals surface area contributed by atoms with E-state index in [1.807, 2.05) is 30.5 Å². The van der Waals surface area contributed by atoms with Gasteiger partial charge in [-0.05, 0) is 17.9 Å². The lowest BCUT2D eigenvalue weighted by Crippen LogP contribution is -2.37. The number of hydrogen-bond donors (Lipinski definition) is 1. The number of fused-ring (bicyclic) bond motifs is 1. The van der Waals surface area contributed by atoms with Crippen LogP contribution >= 0.6 is 23.1 Å². The third-order valence-electron chi connectivity index (χ3n) is 3.93. The first-order valence-corrected chi connectivity index (χ1v) is 9.33. The molecule has 0 aliphatic carbocycles. The van der Waals surface area contributed by atoms with Crippen LogP contribution in [0.5, 0.6) is 0 Å². The lowest BCUT2D eigenvalue weighted by atomic mass is 9.89. The first kappa shape index (κ1) is 16.0. The predicted molar refractivity (Wildman–Crippen MR) is 93.4 cm³/mol. The Morgan fingerprint density at radius 1 is 1.48 bits per heavy atom. The number of anilines is 1. The highest BCUT2D eigenvalue weighted by Gasteiger charge is 2.29. The zero-order valence-electron chi connectivity index (χ0n) is 12.9. The van der Waals surface area contributed by atoms with Gasteiger partial charge in [0.1, 0.15) is 10.0 Å². The summed E-state index contributed by atoms with van der Waals surface area (Å²) >= 11 is 2.98. The average molecular weight is 347 g/mol. The molecule has 0 saturated heterocycles. The highest BCUT2D eigenvalue weighted by atomic mass is 32.2. The molecule has 5 nitrogen and oxygen atoms in total. The minimum atomic E-state index is -0.189. The smallest absolute Gasteiger partial charge is 0.270 e. The van der Waals surface area contributed by atoms with Crippen molar-refractivity contribution < 1.29 is 9.59 Å². The van der Waals surface area contributed by atoms with Crippen molar-refractivity contribution in [3.63, 3.8) is 0 Å². The summed E-state index contributed by atoms with van der Waals surface area (Å²) in [4.78, 5) is 30.3. The number of aromatic nitrogens is 1. The van der Waals surface area contributed by atoms with Crippen LogP contribution in [-0.4, -0.2) is 36.6 Å². The molecule has 0 saturated carbocycles. The lowest BCUT2D eigenvalue weighted by molar-refractivity contribution is -0.119. The van der Waals surface area contributed by atoms with Gasteiger partial charge in [-0.25, -0.2) is 4.98 Å². The molecule has 2 aromatic rings. The molecule has 120 valence electrons. The maximum atomic E-state index is 12.2. The average Bonchev–Trinajstić information content (AvgIpc) is 3.06.